The second-order valence-electron chi connectivity index (χ2n) is 5.42. The second-order valence-corrected chi connectivity index (χ2v) is 7.68. The molecule has 1 aliphatic carbocycles. The van der Waals surface area contributed by atoms with Crippen molar-refractivity contribution in [3.63, 3.8) is 0 Å². The van der Waals surface area contributed by atoms with Crippen LogP contribution in [0.5, 0.6) is 0 Å². The summed E-state index contributed by atoms with van der Waals surface area (Å²) < 4.78 is 22.5. The van der Waals surface area contributed by atoms with Crippen LogP contribution in [0.15, 0.2) is 0 Å². The van der Waals surface area contributed by atoms with Gasteiger partial charge in [0.05, 0.1) is 5.75 Å². The molecule has 4 heteroatoms. The summed E-state index contributed by atoms with van der Waals surface area (Å²) in [6.45, 7) is 0. The van der Waals surface area contributed by atoms with Crippen molar-refractivity contribution in [2.75, 3.05) is 19.1 Å². The van der Waals surface area contributed by atoms with Gasteiger partial charge in [0.15, 0.2) is 0 Å². The maximum atomic E-state index is 11.2. The van der Waals surface area contributed by atoms with E-state index in [0.29, 0.717) is 17.7 Å². The summed E-state index contributed by atoms with van der Waals surface area (Å²) in [4.78, 5) is 0. The van der Waals surface area contributed by atoms with Crippen LogP contribution in [-0.2, 0) is 9.84 Å². The fourth-order valence-corrected chi connectivity index (χ4v) is 3.53. The summed E-state index contributed by atoms with van der Waals surface area (Å²) >= 11 is 0. The Hall–Kier alpha value is -0.0900. The minimum atomic E-state index is -2.82. The van der Waals surface area contributed by atoms with E-state index in [2.05, 4.69) is 5.32 Å². The predicted octanol–water partition coefficient (Wildman–Crippen LogP) is 2.37. The first kappa shape index (κ1) is 15.0. The number of sulfone groups is 1. The maximum Gasteiger partial charge on any atom is 0.147 e. The van der Waals surface area contributed by atoms with Gasteiger partial charge in [-0.1, -0.05) is 32.1 Å². The van der Waals surface area contributed by atoms with Gasteiger partial charge in [0, 0.05) is 12.3 Å². The Kier molecular flexibility index (Phi) is 6.49. The second kappa shape index (κ2) is 7.37. The number of rotatable bonds is 5. The van der Waals surface area contributed by atoms with Crippen LogP contribution in [0.4, 0.5) is 0 Å². The number of hydrogen-bond donors (Lipinski definition) is 1. The molecule has 0 heterocycles. The topological polar surface area (TPSA) is 46.2 Å². The zero-order valence-corrected chi connectivity index (χ0v) is 12.1. The first-order valence-electron chi connectivity index (χ1n) is 6.88. The molecule has 3 nitrogen and oxygen atoms in total. The highest BCUT2D eigenvalue weighted by molar-refractivity contribution is 7.90. The van der Waals surface area contributed by atoms with Gasteiger partial charge in [0.1, 0.15) is 9.84 Å². The highest BCUT2D eigenvalue weighted by Gasteiger charge is 2.21. The minimum Gasteiger partial charge on any atom is -0.317 e. The molecule has 0 amide bonds. The van der Waals surface area contributed by atoms with Gasteiger partial charge in [-0.05, 0) is 32.2 Å². The summed E-state index contributed by atoms with van der Waals surface area (Å²) in [6, 6.07) is 0.378. The van der Waals surface area contributed by atoms with Crippen molar-refractivity contribution >= 4 is 9.84 Å². The highest BCUT2D eigenvalue weighted by Crippen LogP contribution is 2.26. The molecule has 0 aromatic carbocycles. The fraction of sp³-hybridized carbons (Fsp3) is 1.00. The van der Waals surface area contributed by atoms with Crippen molar-refractivity contribution in [3.05, 3.63) is 0 Å². The molecule has 0 bridgehead atoms. The Balaban J connectivity index is 2.46. The van der Waals surface area contributed by atoms with E-state index in [1.54, 1.807) is 0 Å². The number of hydrogen-bond acceptors (Lipinski definition) is 3. The quantitative estimate of drug-likeness (QED) is 0.826. The van der Waals surface area contributed by atoms with E-state index in [1.807, 2.05) is 7.05 Å². The van der Waals surface area contributed by atoms with Crippen molar-refractivity contribution in [1.82, 2.24) is 5.32 Å². The third-order valence-electron chi connectivity index (χ3n) is 3.89. The summed E-state index contributed by atoms with van der Waals surface area (Å²) in [5, 5.41) is 3.33. The maximum absolute atomic E-state index is 11.2. The van der Waals surface area contributed by atoms with Crippen LogP contribution < -0.4 is 5.32 Å². The van der Waals surface area contributed by atoms with Gasteiger partial charge in [-0.3, -0.25) is 0 Å². The Morgan fingerprint density at radius 1 is 1.12 bits per heavy atom. The molecule has 0 aromatic rings. The molecule has 1 unspecified atom stereocenters. The SMILES string of the molecule is CNC(CCS(C)(=O)=O)C1CCCCCCC1. The Labute approximate surface area is 106 Å². The molecule has 1 N–H and O–H groups in total. The summed E-state index contributed by atoms with van der Waals surface area (Å²) in [7, 11) is -0.860. The highest BCUT2D eigenvalue weighted by atomic mass is 32.2. The smallest absolute Gasteiger partial charge is 0.147 e. The average molecular weight is 261 g/mol. The van der Waals surface area contributed by atoms with Crippen LogP contribution in [0.25, 0.3) is 0 Å². The van der Waals surface area contributed by atoms with Gasteiger partial charge >= 0.3 is 0 Å². The zero-order valence-electron chi connectivity index (χ0n) is 11.2. The van der Waals surface area contributed by atoms with E-state index >= 15 is 0 Å². The van der Waals surface area contributed by atoms with Crippen molar-refractivity contribution in [3.8, 4) is 0 Å². The first-order chi connectivity index (χ1) is 8.03. The molecule has 1 atom stereocenters. The van der Waals surface area contributed by atoms with Crippen molar-refractivity contribution < 1.29 is 8.42 Å². The molecule has 0 radical (unpaired) electrons. The third-order valence-corrected chi connectivity index (χ3v) is 4.87. The van der Waals surface area contributed by atoms with Crippen LogP contribution in [0.3, 0.4) is 0 Å². The first-order valence-corrected chi connectivity index (χ1v) is 8.94. The Morgan fingerprint density at radius 3 is 2.12 bits per heavy atom. The monoisotopic (exact) mass is 261 g/mol. The van der Waals surface area contributed by atoms with E-state index in [-0.39, 0.29) is 0 Å². The predicted molar refractivity (Wildman–Crippen MR) is 73.0 cm³/mol. The lowest BCUT2D eigenvalue weighted by atomic mass is 9.85. The molecule has 1 rings (SSSR count). The lowest BCUT2D eigenvalue weighted by Gasteiger charge is -2.28. The Morgan fingerprint density at radius 2 is 1.65 bits per heavy atom. The van der Waals surface area contributed by atoms with E-state index < -0.39 is 9.84 Å². The minimum absolute atomic E-state index is 0.314. The van der Waals surface area contributed by atoms with Gasteiger partial charge < -0.3 is 5.32 Å². The molecular formula is C13H27NO2S. The van der Waals surface area contributed by atoms with E-state index in [4.69, 9.17) is 0 Å². The molecule has 0 spiro atoms. The van der Waals surface area contributed by atoms with E-state index in [1.165, 1.54) is 51.2 Å². The zero-order chi connectivity index (χ0) is 12.7. The Bertz CT molecular complexity index is 293. The van der Waals surface area contributed by atoms with E-state index in [9.17, 15) is 8.42 Å². The van der Waals surface area contributed by atoms with Gasteiger partial charge in [0.25, 0.3) is 0 Å². The van der Waals surface area contributed by atoms with Crippen molar-refractivity contribution in [1.29, 1.82) is 0 Å². The lowest BCUT2D eigenvalue weighted by Crippen LogP contribution is -2.35. The number of nitrogens with one attached hydrogen (secondary N) is 1. The summed E-state index contributed by atoms with van der Waals surface area (Å²) in [5.74, 6) is 0.983. The summed E-state index contributed by atoms with van der Waals surface area (Å²) in [5.41, 5.74) is 0. The average Bonchev–Trinajstić information content (AvgIpc) is 2.19. The fourth-order valence-electron chi connectivity index (χ4n) is 2.85. The molecule has 1 fully saturated rings. The molecule has 0 aromatic heterocycles. The van der Waals surface area contributed by atoms with Crippen LogP contribution in [0, 0.1) is 5.92 Å². The van der Waals surface area contributed by atoms with Gasteiger partial charge in [-0.2, -0.15) is 0 Å². The molecule has 0 saturated heterocycles. The van der Waals surface area contributed by atoms with Gasteiger partial charge in [-0.15, -0.1) is 0 Å². The van der Waals surface area contributed by atoms with Crippen molar-refractivity contribution in [2.24, 2.45) is 5.92 Å². The van der Waals surface area contributed by atoms with Crippen molar-refractivity contribution in [2.45, 2.75) is 57.4 Å². The normalized spacial score (nSPS) is 21.8. The largest absolute Gasteiger partial charge is 0.317 e. The lowest BCUT2D eigenvalue weighted by molar-refractivity contribution is 0.290. The van der Waals surface area contributed by atoms with Crippen LogP contribution in [-0.4, -0.2) is 33.5 Å². The standard InChI is InChI=1S/C13H27NO2S/c1-14-13(10-11-17(2,15)16)12-8-6-4-3-5-7-9-12/h12-14H,3-11H2,1-2H3. The summed E-state index contributed by atoms with van der Waals surface area (Å²) in [6.07, 6.45) is 11.3. The van der Waals surface area contributed by atoms with E-state index in [0.717, 1.165) is 6.42 Å². The molecule has 1 saturated carbocycles. The van der Waals surface area contributed by atoms with Gasteiger partial charge in [-0.25, -0.2) is 8.42 Å². The third kappa shape index (κ3) is 6.41. The molecular weight excluding hydrogens is 234 g/mol. The molecule has 1 aliphatic rings. The van der Waals surface area contributed by atoms with Gasteiger partial charge in [0.2, 0.25) is 0 Å². The molecule has 17 heavy (non-hydrogen) atoms. The molecule has 0 aliphatic heterocycles. The van der Waals surface area contributed by atoms with Crippen LogP contribution in [0.2, 0.25) is 0 Å². The van der Waals surface area contributed by atoms with Crippen LogP contribution in [0.1, 0.15) is 51.4 Å². The van der Waals surface area contributed by atoms with Crippen LogP contribution >= 0.6 is 0 Å². The molecule has 102 valence electrons.